The van der Waals surface area contributed by atoms with Gasteiger partial charge in [-0.05, 0) is 25.7 Å². The Bertz CT molecular complexity index is 196. The predicted octanol–water partition coefficient (Wildman–Crippen LogP) is 1.96. The van der Waals surface area contributed by atoms with Gasteiger partial charge in [-0.15, -0.1) is 0 Å². The molecule has 2 nitrogen and oxygen atoms in total. The Hall–Kier alpha value is -0.790. The van der Waals surface area contributed by atoms with Gasteiger partial charge in [-0.2, -0.15) is 0 Å². The topological polar surface area (TPSA) is 20.3 Å². The summed E-state index contributed by atoms with van der Waals surface area (Å²) in [6.45, 7) is 5.59. The quantitative estimate of drug-likeness (QED) is 0.547. The van der Waals surface area contributed by atoms with Crippen molar-refractivity contribution in [1.29, 1.82) is 0 Å². The Labute approximate surface area is 74.2 Å². The lowest BCUT2D eigenvalue weighted by molar-refractivity contribution is -0.129. The Balaban J connectivity index is 2.51. The number of carbonyl (C=O) groups excluding carboxylic acids is 1. The zero-order valence-corrected chi connectivity index (χ0v) is 7.97. The third-order valence-electron chi connectivity index (χ3n) is 2.64. The molecule has 0 heterocycles. The van der Waals surface area contributed by atoms with Crippen LogP contribution >= 0.6 is 0 Å². The molecule has 1 saturated carbocycles. The number of carbonyl (C=O) groups is 1. The first-order valence-electron chi connectivity index (χ1n) is 4.51. The summed E-state index contributed by atoms with van der Waals surface area (Å²) in [5.74, 6) is 0.162. The maximum absolute atomic E-state index is 11.0. The Morgan fingerprint density at radius 3 is 2.83 bits per heavy atom. The van der Waals surface area contributed by atoms with Crippen molar-refractivity contribution in [2.24, 2.45) is 0 Å². The molecule has 12 heavy (non-hydrogen) atoms. The van der Waals surface area contributed by atoms with Crippen LogP contribution in [0.1, 0.15) is 32.6 Å². The molecule has 68 valence electrons. The van der Waals surface area contributed by atoms with E-state index in [0.29, 0.717) is 6.04 Å². The van der Waals surface area contributed by atoms with Crippen LogP contribution in [-0.4, -0.2) is 23.9 Å². The summed E-state index contributed by atoms with van der Waals surface area (Å²) in [6.07, 6.45) is 4.45. The molecule has 1 aliphatic carbocycles. The molecule has 0 saturated heterocycles. The fourth-order valence-electron chi connectivity index (χ4n) is 1.71. The number of nitrogens with zero attached hydrogens (tertiary/aromatic N) is 1. The summed E-state index contributed by atoms with van der Waals surface area (Å²) in [5.41, 5.74) is 1.29. The van der Waals surface area contributed by atoms with Gasteiger partial charge in [0.05, 0.1) is 0 Å². The van der Waals surface area contributed by atoms with Gasteiger partial charge >= 0.3 is 0 Å². The highest BCUT2D eigenvalue weighted by Crippen LogP contribution is 2.25. The van der Waals surface area contributed by atoms with E-state index in [0.717, 1.165) is 19.3 Å². The molecule has 0 aromatic heterocycles. The second-order valence-corrected chi connectivity index (χ2v) is 3.63. The monoisotopic (exact) mass is 167 g/mol. The number of amides is 1. The van der Waals surface area contributed by atoms with Gasteiger partial charge < -0.3 is 4.90 Å². The molecule has 0 spiro atoms. The molecule has 1 amide bonds. The summed E-state index contributed by atoms with van der Waals surface area (Å²) in [5, 5.41) is 0. The van der Waals surface area contributed by atoms with E-state index in [1.165, 1.54) is 12.0 Å². The van der Waals surface area contributed by atoms with Crippen LogP contribution in [0.4, 0.5) is 0 Å². The van der Waals surface area contributed by atoms with Crippen molar-refractivity contribution in [3.63, 3.8) is 0 Å². The summed E-state index contributed by atoms with van der Waals surface area (Å²) >= 11 is 0. The minimum absolute atomic E-state index is 0.162. The van der Waals surface area contributed by atoms with Crippen LogP contribution < -0.4 is 0 Å². The minimum atomic E-state index is 0.162. The van der Waals surface area contributed by atoms with E-state index in [9.17, 15) is 4.79 Å². The molecular formula is C10H17NO. The van der Waals surface area contributed by atoms with Gasteiger partial charge in [-0.1, -0.05) is 12.2 Å². The highest BCUT2D eigenvalue weighted by atomic mass is 16.2. The Morgan fingerprint density at radius 1 is 1.67 bits per heavy atom. The number of hydrogen-bond acceptors (Lipinski definition) is 1. The fourth-order valence-corrected chi connectivity index (χ4v) is 1.71. The van der Waals surface area contributed by atoms with Gasteiger partial charge in [0.15, 0.2) is 0 Å². The molecule has 0 bridgehead atoms. The van der Waals surface area contributed by atoms with E-state index >= 15 is 0 Å². The average Bonchev–Trinajstić information content (AvgIpc) is 2.03. The molecule has 1 aliphatic rings. The first-order chi connectivity index (χ1) is 5.61. The summed E-state index contributed by atoms with van der Waals surface area (Å²) in [6, 6.07) is 0.406. The van der Waals surface area contributed by atoms with Crippen molar-refractivity contribution in [2.45, 2.75) is 38.6 Å². The fraction of sp³-hybridized carbons (Fsp3) is 0.700. The second-order valence-electron chi connectivity index (χ2n) is 3.63. The molecule has 1 fully saturated rings. The smallest absolute Gasteiger partial charge is 0.219 e. The van der Waals surface area contributed by atoms with E-state index in [1.54, 1.807) is 6.92 Å². The minimum Gasteiger partial charge on any atom is -0.343 e. The second kappa shape index (κ2) is 3.74. The molecule has 1 unspecified atom stereocenters. The van der Waals surface area contributed by atoms with Crippen molar-refractivity contribution < 1.29 is 4.79 Å². The third kappa shape index (κ3) is 2.10. The van der Waals surface area contributed by atoms with Gasteiger partial charge in [0, 0.05) is 20.0 Å². The zero-order valence-electron chi connectivity index (χ0n) is 7.97. The summed E-state index contributed by atoms with van der Waals surface area (Å²) in [7, 11) is 1.88. The lowest BCUT2D eigenvalue weighted by Crippen LogP contribution is -2.37. The number of rotatable bonds is 1. The highest BCUT2D eigenvalue weighted by Gasteiger charge is 2.21. The van der Waals surface area contributed by atoms with Crippen LogP contribution in [0, 0.1) is 0 Å². The number of hydrogen-bond donors (Lipinski definition) is 0. The molecule has 1 rings (SSSR count). The standard InChI is InChI=1S/C10H17NO/c1-8-5-4-6-10(7-8)11(3)9(2)12/h10H,1,4-7H2,2-3H3. The molecule has 0 N–H and O–H groups in total. The summed E-state index contributed by atoms with van der Waals surface area (Å²) < 4.78 is 0. The van der Waals surface area contributed by atoms with Crippen LogP contribution in [-0.2, 0) is 4.79 Å². The van der Waals surface area contributed by atoms with Crippen molar-refractivity contribution in [3.05, 3.63) is 12.2 Å². The Kier molecular flexibility index (Phi) is 2.90. The first-order valence-corrected chi connectivity index (χ1v) is 4.51. The molecular weight excluding hydrogens is 150 g/mol. The van der Waals surface area contributed by atoms with E-state index in [-0.39, 0.29) is 5.91 Å². The van der Waals surface area contributed by atoms with Crippen molar-refractivity contribution in [3.8, 4) is 0 Å². The molecule has 1 atom stereocenters. The highest BCUT2D eigenvalue weighted by molar-refractivity contribution is 5.73. The molecule has 0 radical (unpaired) electrons. The molecule has 0 aromatic carbocycles. The van der Waals surface area contributed by atoms with Crippen molar-refractivity contribution >= 4 is 5.91 Å². The van der Waals surface area contributed by atoms with Crippen LogP contribution in [0.2, 0.25) is 0 Å². The molecule has 2 heteroatoms. The van der Waals surface area contributed by atoms with Crippen LogP contribution in [0.15, 0.2) is 12.2 Å². The maximum atomic E-state index is 11.0. The van der Waals surface area contributed by atoms with Crippen LogP contribution in [0.5, 0.6) is 0 Å². The van der Waals surface area contributed by atoms with E-state index in [4.69, 9.17) is 0 Å². The van der Waals surface area contributed by atoms with Crippen molar-refractivity contribution in [1.82, 2.24) is 4.90 Å². The lowest BCUT2D eigenvalue weighted by Gasteiger charge is -2.31. The summed E-state index contributed by atoms with van der Waals surface area (Å²) in [4.78, 5) is 12.9. The normalized spacial score (nSPS) is 23.8. The van der Waals surface area contributed by atoms with Gasteiger partial charge in [-0.25, -0.2) is 0 Å². The Morgan fingerprint density at radius 2 is 2.33 bits per heavy atom. The van der Waals surface area contributed by atoms with Gasteiger partial charge in [0.2, 0.25) is 5.91 Å². The first kappa shape index (κ1) is 9.30. The van der Waals surface area contributed by atoms with Crippen LogP contribution in [0.3, 0.4) is 0 Å². The van der Waals surface area contributed by atoms with Gasteiger partial charge in [0.1, 0.15) is 0 Å². The zero-order chi connectivity index (χ0) is 9.14. The molecule has 0 aliphatic heterocycles. The van der Waals surface area contributed by atoms with Crippen molar-refractivity contribution in [2.75, 3.05) is 7.05 Å². The van der Waals surface area contributed by atoms with Crippen LogP contribution in [0.25, 0.3) is 0 Å². The van der Waals surface area contributed by atoms with E-state index in [1.807, 2.05) is 11.9 Å². The van der Waals surface area contributed by atoms with E-state index in [2.05, 4.69) is 6.58 Å². The predicted molar refractivity (Wildman–Crippen MR) is 49.8 cm³/mol. The SMILES string of the molecule is C=C1CCCC(N(C)C(C)=O)C1. The van der Waals surface area contributed by atoms with E-state index < -0.39 is 0 Å². The largest absolute Gasteiger partial charge is 0.343 e. The maximum Gasteiger partial charge on any atom is 0.219 e. The molecule has 0 aromatic rings. The average molecular weight is 167 g/mol. The third-order valence-corrected chi connectivity index (χ3v) is 2.64. The van der Waals surface area contributed by atoms with Gasteiger partial charge in [0.25, 0.3) is 0 Å². The van der Waals surface area contributed by atoms with Gasteiger partial charge in [-0.3, -0.25) is 4.79 Å². The lowest BCUT2D eigenvalue weighted by atomic mass is 9.91.